The molecule has 11 heavy (non-hydrogen) atoms. The summed E-state index contributed by atoms with van der Waals surface area (Å²) >= 11 is 0. The van der Waals surface area contributed by atoms with Crippen LogP contribution in [-0.2, 0) is 9.53 Å². The summed E-state index contributed by atoms with van der Waals surface area (Å²) in [5.74, 6) is 0.852. The van der Waals surface area contributed by atoms with Gasteiger partial charge in [0.05, 0.1) is 6.42 Å². The predicted octanol–water partition coefficient (Wildman–Crippen LogP) is 2.40. The molecule has 2 heteroatoms. The highest BCUT2D eigenvalue weighted by Gasteiger charge is 2.20. The van der Waals surface area contributed by atoms with Gasteiger partial charge in [-0.1, -0.05) is 13.8 Å². The quantitative estimate of drug-likeness (QED) is 0.583. The Morgan fingerprint density at radius 2 is 2.18 bits per heavy atom. The number of carbonyl (C=O) groups is 1. The van der Waals surface area contributed by atoms with Gasteiger partial charge in [0.2, 0.25) is 0 Å². The Kier molecular flexibility index (Phi) is 2.69. The molecule has 2 nitrogen and oxygen atoms in total. The van der Waals surface area contributed by atoms with Crippen LogP contribution in [-0.4, -0.2) is 5.97 Å². The molecule has 0 bridgehead atoms. The largest absolute Gasteiger partial charge is 0.431 e. The van der Waals surface area contributed by atoms with Crippen molar-refractivity contribution in [2.24, 2.45) is 0 Å². The summed E-state index contributed by atoms with van der Waals surface area (Å²) in [7, 11) is 0. The van der Waals surface area contributed by atoms with Gasteiger partial charge in [-0.3, -0.25) is 4.79 Å². The van der Waals surface area contributed by atoms with Crippen molar-refractivity contribution in [2.75, 3.05) is 0 Å². The minimum atomic E-state index is -0.0784. The normalized spacial score (nSPS) is 17.5. The number of rotatable bonds is 3. The molecule has 0 unspecified atom stereocenters. The summed E-state index contributed by atoms with van der Waals surface area (Å²) < 4.78 is 5.05. The molecule has 1 rings (SSSR count). The molecule has 0 amide bonds. The molecule has 0 fully saturated rings. The van der Waals surface area contributed by atoms with E-state index in [1.807, 2.05) is 0 Å². The molecule has 62 valence electrons. The predicted molar refractivity (Wildman–Crippen MR) is 42.9 cm³/mol. The summed E-state index contributed by atoms with van der Waals surface area (Å²) in [5, 5.41) is 0. The van der Waals surface area contributed by atoms with E-state index >= 15 is 0 Å². The highest BCUT2D eigenvalue weighted by Crippen LogP contribution is 2.25. The lowest BCUT2D eigenvalue weighted by Crippen LogP contribution is -1.93. The number of esters is 1. The van der Waals surface area contributed by atoms with Gasteiger partial charge >= 0.3 is 5.97 Å². The van der Waals surface area contributed by atoms with Crippen LogP contribution >= 0.6 is 0 Å². The third kappa shape index (κ3) is 1.82. The molecule has 0 aromatic rings. The second-order valence-corrected chi connectivity index (χ2v) is 2.78. The van der Waals surface area contributed by atoms with Gasteiger partial charge in [0, 0.05) is 6.42 Å². The Morgan fingerprint density at radius 3 is 2.73 bits per heavy atom. The highest BCUT2D eigenvalue weighted by atomic mass is 16.5. The average Bonchev–Trinajstić information content (AvgIpc) is 2.32. The highest BCUT2D eigenvalue weighted by molar-refractivity contribution is 5.76. The van der Waals surface area contributed by atoms with Gasteiger partial charge in [0.1, 0.15) is 5.76 Å². The lowest BCUT2D eigenvalue weighted by Gasteiger charge is -2.00. The number of hydrogen-bond acceptors (Lipinski definition) is 2. The summed E-state index contributed by atoms with van der Waals surface area (Å²) in [6, 6.07) is 0. The first-order chi connectivity index (χ1) is 5.27. The second kappa shape index (κ2) is 3.56. The van der Waals surface area contributed by atoms with E-state index in [4.69, 9.17) is 4.74 Å². The second-order valence-electron chi connectivity index (χ2n) is 2.78. The van der Waals surface area contributed by atoms with Crippen LogP contribution in [0.4, 0.5) is 0 Å². The van der Waals surface area contributed by atoms with Crippen molar-refractivity contribution < 1.29 is 9.53 Å². The van der Waals surface area contributed by atoms with Crippen molar-refractivity contribution in [3.8, 4) is 0 Å². The molecule has 0 spiro atoms. The smallest absolute Gasteiger partial charge is 0.315 e. The van der Waals surface area contributed by atoms with Crippen LogP contribution in [0.25, 0.3) is 0 Å². The summed E-state index contributed by atoms with van der Waals surface area (Å²) in [5.41, 5.74) is 1.19. The third-order valence-corrected chi connectivity index (χ3v) is 1.89. The minimum absolute atomic E-state index is 0.0784. The SMILES string of the molecule is CCCC1=C(CC)CC(=O)O1. The van der Waals surface area contributed by atoms with Crippen LogP contribution in [0.3, 0.4) is 0 Å². The van der Waals surface area contributed by atoms with Crippen LogP contribution in [0, 0.1) is 0 Å². The maximum Gasteiger partial charge on any atom is 0.315 e. The fraction of sp³-hybridized carbons (Fsp3) is 0.667. The lowest BCUT2D eigenvalue weighted by atomic mass is 10.1. The van der Waals surface area contributed by atoms with E-state index in [-0.39, 0.29) is 5.97 Å². The molecule has 0 aromatic carbocycles. The van der Waals surface area contributed by atoms with Gasteiger partial charge in [0.25, 0.3) is 0 Å². The van der Waals surface area contributed by atoms with Gasteiger partial charge in [0.15, 0.2) is 0 Å². The van der Waals surface area contributed by atoms with Crippen molar-refractivity contribution >= 4 is 5.97 Å². The van der Waals surface area contributed by atoms with Crippen LogP contribution in [0.15, 0.2) is 11.3 Å². The van der Waals surface area contributed by atoms with Crippen LogP contribution in [0.1, 0.15) is 39.5 Å². The fourth-order valence-electron chi connectivity index (χ4n) is 1.30. The Bertz CT molecular complexity index is 192. The fourth-order valence-corrected chi connectivity index (χ4v) is 1.30. The summed E-state index contributed by atoms with van der Waals surface area (Å²) in [6.45, 7) is 4.15. The van der Waals surface area contributed by atoms with Gasteiger partial charge in [-0.2, -0.15) is 0 Å². The van der Waals surface area contributed by atoms with Gasteiger partial charge < -0.3 is 4.74 Å². The molecule has 0 atom stereocenters. The van der Waals surface area contributed by atoms with Crippen LogP contribution in [0.5, 0.6) is 0 Å². The molecule has 0 radical (unpaired) electrons. The van der Waals surface area contributed by atoms with Crippen LogP contribution in [0.2, 0.25) is 0 Å². The molecule has 1 aliphatic heterocycles. The summed E-state index contributed by atoms with van der Waals surface area (Å²) in [4.78, 5) is 10.8. The maximum absolute atomic E-state index is 10.8. The lowest BCUT2D eigenvalue weighted by molar-refractivity contribution is -0.136. The average molecular weight is 154 g/mol. The zero-order valence-corrected chi connectivity index (χ0v) is 7.14. The molecule has 0 aromatic heterocycles. The zero-order valence-electron chi connectivity index (χ0n) is 7.14. The molecular weight excluding hydrogens is 140 g/mol. The van der Waals surface area contributed by atoms with E-state index < -0.39 is 0 Å². The van der Waals surface area contributed by atoms with E-state index in [9.17, 15) is 4.79 Å². The van der Waals surface area contributed by atoms with E-state index in [1.54, 1.807) is 0 Å². The number of allylic oxidation sites excluding steroid dienone is 1. The Morgan fingerprint density at radius 1 is 1.45 bits per heavy atom. The van der Waals surface area contributed by atoms with Crippen molar-refractivity contribution in [2.45, 2.75) is 39.5 Å². The van der Waals surface area contributed by atoms with Crippen molar-refractivity contribution in [3.63, 3.8) is 0 Å². The van der Waals surface area contributed by atoms with Gasteiger partial charge in [-0.15, -0.1) is 0 Å². The third-order valence-electron chi connectivity index (χ3n) is 1.89. The van der Waals surface area contributed by atoms with Crippen molar-refractivity contribution in [1.82, 2.24) is 0 Å². The molecule has 0 saturated carbocycles. The van der Waals surface area contributed by atoms with Gasteiger partial charge in [-0.05, 0) is 18.4 Å². The number of carbonyl (C=O) groups excluding carboxylic acids is 1. The van der Waals surface area contributed by atoms with E-state index in [2.05, 4.69) is 13.8 Å². The van der Waals surface area contributed by atoms with Gasteiger partial charge in [-0.25, -0.2) is 0 Å². The Hall–Kier alpha value is -0.790. The van der Waals surface area contributed by atoms with Crippen molar-refractivity contribution in [1.29, 1.82) is 0 Å². The topological polar surface area (TPSA) is 26.3 Å². The molecule has 1 aliphatic rings. The minimum Gasteiger partial charge on any atom is -0.431 e. The summed E-state index contributed by atoms with van der Waals surface area (Å²) in [6.07, 6.45) is 3.42. The van der Waals surface area contributed by atoms with Crippen LogP contribution < -0.4 is 0 Å². The first-order valence-corrected chi connectivity index (χ1v) is 4.19. The number of ether oxygens (including phenoxy) is 1. The molecule has 1 heterocycles. The zero-order chi connectivity index (χ0) is 8.27. The molecular formula is C9H14O2. The molecule has 0 saturated heterocycles. The number of hydrogen-bond donors (Lipinski definition) is 0. The monoisotopic (exact) mass is 154 g/mol. The Balaban J connectivity index is 2.63. The first kappa shape index (κ1) is 8.31. The Labute approximate surface area is 67.2 Å². The molecule has 0 aliphatic carbocycles. The van der Waals surface area contributed by atoms with Crippen molar-refractivity contribution in [3.05, 3.63) is 11.3 Å². The van der Waals surface area contributed by atoms with E-state index in [0.717, 1.165) is 25.0 Å². The standard InChI is InChI=1S/C9H14O2/c1-3-5-8-7(4-2)6-9(10)11-8/h3-6H2,1-2H3. The first-order valence-electron chi connectivity index (χ1n) is 4.19. The van der Waals surface area contributed by atoms with E-state index in [1.165, 1.54) is 5.57 Å². The maximum atomic E-state index is 10.8. The van der Waals surface area contributed by atoms with E-state index in [0.29, 0.717) is 6.42 Å². The number of cyclic esters (lactones) is 1. The molecule has 0 N–H and O–H groups in total.